The van der Waals surface area contributed by atoms with Crippen molar-refractivity contribution in [3.63, 3.8) is 0 Å². The molecule has 0 aliphatic heterocycles. The fraction of sp³-hybridized carbons (Fsp3) is 0.235. The van der Waals surface area contributed by atoms with Crippen LogP contribution in [0, 0.1) is 5.82 Å². The molecule has 1 amide bonds. The lowest BCUT2D eigenvalue weighted by Crippen LogP contribution is -2.41. The molecule has 1 N–H and O–H groups in total. The van der Waals surface area contributed by atoms with Crippen LogP contribution in [0.5, 0.6) is 5.75 Å². The summed E-state index contributed by atoms with van der Waals surface area (Å²) in [5.74, 6) is -0.164. The van der Waals surface area contributed by atoms with Crippen LogP contribution in [-0.2, 0) is 5.54 Å². The molecule has 0 atom stereocenters. The Kier molecular flexibility index (Phi) is 4.26. The van der Waals surface area contributed by atoms with Gasteiger partial charge in [0.1, 0.15) is 11.6 Å². The topological polar surface area (TPSA) is 38.3 Å². The van der Waals surface area contributed by atoms with E-state index in [1.807, 2.05) is 0 Å². The van der Waals surface area contributed by atoms with Gasteiger partial charge >= 0.3 is 0 Å². The maximum Gasteiger partial charge on any atom is 0.255 e. The third-order valence-corrected chi connectivity index (χ3v) is 3.32. The smallest absolute Gasteiger partial charge is 0.255 e. The molecule has 0 saturated heterocycles. The zero-order valence-corrected chi connectivity index (χ0v) is 12.3. The number of hydrogen-bond acceptors (Lipinski definition) is 2. The Labute approximate surface area is 123 Å². The van der Waals surface area contributed by atoms with E-state index in [0.29, 0.717) is 16.9 Å². The maximum atomic E-state index is 13.9. The monoisotopic (exact) mass is 287 g/mol. The molecule has 2 aromatic carbocycles. The van der Waals surface area contributed by atoms with E-state index in [0.717, 1.165) is 0 Å². The number of rotatable bonds is 4. The molecule has 0 aliphatic rings. The third kappa shape index (κ3) is 3.21. The molecule has 2 aromatic rings. The zero-order chi connectivity index (χ0) is 15.5. The van der Waals surface area contributed by atoms with E-state index in [9.17, 15) is 9.18 Å². The number of carbonyl (C=O) groups excluding carboxylic acids is 1. The van der Waals surface area contributed by atoms with E-state index in [2.05, 4.69) is 5.32 Å². The molecule has 0 spiro atoms. The van der Waals surface area contributed by atoms with E-state index in [1.165, 1.54) is 13.2 Å². The Morgan fingerprint density at radius 2 is 1.71 bits per heavy atom. The largest absolute Gasteiger partial charge is 0.496 e. The minimum Gasteiger partial charge on any atom is -0.496 e. The molecular formula is C17H18FNO2. The Bertz CT molecular complexity index is 653. The van der Waals surface area contributed by atoms with Gasteiger partial charge in [-0.05, 0) is 32.0 Å². The van der Waals surface area contributed by atoms with E-state index in [1.54, 1.807) is 56.3 Å². The first-order valence-corrected chi connectivity index (χ1v) is 6.66. The molecule has 110 valence electrons. The van der Waals surface area contributed by atoms with Gasteiger partial charge in [-0.1, -0.05) is 30.3 Å². The van der Waals surface area contributed by atoms with E-state index in [4.69, 9.17) is 4.74 Å². The van der Waals surface area contributed by atoms with Crippen molar-refractivity contribution in [3.8, 4) is 5.75 Å². The molecule has 2 rings (SSSR count). The Balaban J connectivity index is 2.28. The number of para-hydroxylation sites is 1. The summed E-state index contributed by atoms with van der Waals surface area (Å²) in [4.78, 5) is 12.4. The first-order valence-electron chi connectivity index (χ1n) is 6.66. The Morgan fingerprint density at radius 3 is 2.38 bits per heavy atom. The highest BCUT2D eigenvalue weighted by molar-refractivity contribution is 5.97. The molecule has 0 unspecified atom stereocenters. The molecule has 0 saturated carbocycles. The van der Waals surface area contributed by atoms with E-state index in [-0.39, 0.29) is 11.7 Å². The quantitative estimate of drug-likeness (QED) is 0.934. The SMILES string of the molecule is COc1ccccc1C(=O)NC(C)(C)c1ccccc1F. The summed E-state index contributed by atoms with van der Waals surface area (Å²) in [7, 11) is 1.51. The lowest BCUT2D eigenvalue weighted by molar-refractivity contribution is 0.0907. The van der Waals surface area contributed by atoms with Crippen molar-refractivity contribution in [2.75, 3.05) is 7.11 Å². The minimum atomic E-state index is -0.830. The van der Waals surface area contributed by atoms with Gasteiger partial charge in [0.05, 0.1) is 18.2 Å². The van der Waals surface area contributed by atoms with Crippen molar-refractivity contribution in [2.45, 2.75) is 19.4 Å². The molecule has 3 nitrogen and oxygen atoms in total. The second-order valence-electron chi connectivity index (χ2n) is 5.26. The van der Waals surface area contributed by atoms with Crippen LogP contribution in [0.2, 0.25) is 0 Å². The fourth-order valence-electron chi connectivity index (χ4n) is 2.22. The average molecular weight is 287 g/mol. The van der Waals surface area contributed by atoms with Gasteiger partial charge in [0, 0.05) is 5.56 Å². The number of benzene rings is 2. The van der Waals surface area contributed by atoms with Crippen LogP contribution >= 0.6 is 0 Å². The normalized spacial score (nSPS) is 11.0. The van der Waals surface area contributed by atoms with Crippen LogP contribution in [0.4, 0.5) is 4.39 Å². The number of methoxy groups -OCH3 is 1. The second-order valence-corrected chi connectivity index (χ2v) is 5.26. The molecule has 0 aliphatic carbocycles. The fourth-order valence-corrected chi connectivity index (χ4v) is 2.22. The molecule has 0 aromatic heterocycles. The van der Waals surface area contributed by atoms with Crippen molar-refractivity contribution in [2.24, 2.45) is 0 Å². The highest BCUT2D eigenvalue weighted by atomic mass is 19.1. The number of nitrogens with one attached hydrogen (secondary N) is 1. The molecule has 4 heteroatoms. The molecule has 0 bridgehead atoms. The summed E-state index contributed by atoms with van der Waals surface area (Å²) < 4.78 is 19.1. The van der Waals surface area contributed by atoms with Crippen LogP contribution in [0.15, 0.2) is 48.5 Å². The van der Waals surface area contributed by atoms with Gasteiger partial charge in [0.25, 0.3) is 5.91 Å². The summed E-state index contributed by atoms with van der Waals surface area (Å²) in [6.07, 6.45) is 0. The predicted octanol–water partition coefficient (Wildman–Crippen LogP) is 3.50. The van der Waals surface area contributed by atoms with E-state index < -0.39 is 5.54 Å². The van der Waals surface area contributed by atoms with Crippen molar-refractivity contribution in [1.82, 2.24) is 5.32 Å². The Hall–Kier alpha value is -2.36. The van der Waals surface area contributed by atoms with Crippen molar-refractivity contribution in [1.29, 1.82) is 0 Å². The van der Waals surface area contributed by atoms with Gasteiger partial charge in [0.15, 0.2) is 0 Å². The lowest BCUT2D eigenvalue weighted by atomic mass is 9.93. The number of amides is 1. The van der Waals surface area contributed by atoms with Crippen LogP contribution < -0.4 is 10.1 Å². The average Bonchev–Trinajstić information content (AvgIpc) is 2.47. The van der Waals surface area contributed by atoms with Crippen molar-refractivity contribution < 1.29 is 13.9 Å². The minimum absolute atomic E-state index is 0.305. The molecular weight excluding hydrogens is 269 g/mol. The summed E-state index contributed by atoms with van der Waals surface area (Å²) in [6.45, 7) is 3.53. The van der Waals surface area contributed by atoms with Gasteiger partial charge in [-0.3, -0.25) is 4.79 Å². The summed E-state index contributed by atoms with van der Waals surface area (Å²) >= 11 is 0. The lowest BCUT2D eigenvalue weighted by Gasteiger charge is -2.27. The zero-order valence-electron chi connectivity index (χ0n) is 12.3. The first-order chi connectivity index (χ1) is 9.95. The van der Waals surface area contributed by atoms with Gasteiger partial charge in [0.2, 0.25) is 0 Å². The second kappa shape index (κ2) is 5.95. The van der Waals surface area contributed by atoms with Crippen LogP contribution in [-0.4, -0.2) is 13.0 Å². The third-order valence-electron chi connectivity index (χ3n) is 3.32. The van der Waals surface area contributed by atoms with Crippen LogP contribution in [0.25, 0.3) is 0 Å². The van der Waals surface area contributed by atoms with Gasteiger partial charge in [-0.2, -0.15) is 0 Å². The molecule has 0 radical (unpaired) electrons. The van der Waals surface area contributed by atoms with Gasteiger partial charge in [-0.15, -0.1) is 0 Å². The van der Waals surface area contributed by atoms with Gasteiger partial charge < -0.3 is 10.1 Å². The molecule has 21 heavy (non-hydrogen) atoms. The summed E-state index contributed by atoms with van der Waals surface area (Å²) in [6, 6.07) is 13.3. The van der Waals surface area contributed by atoms with Crippen LogP contribution in [0.1, 0.15) is 29.8 Å². The standard InChI is InChI=1S/C17H18FNO2/c1-17(2,13-9-5-6-10-14(13)18)19-16(20)12-8-4-7-11-15(12)21-3/h4-11H,1-3H3,(H,19,20). The maximum absolute atomic E-state index is 13.9. The van der Waals surface area contributed by atoms with Crippen LogP contribution in [0.3, 0.4) is 0 Å². The highest BCUT2D eigenvalue weighted by Gasteiger charge is 2.27. The number of hydrogen-bond donors (Lipinski definition) is 1. The van der Waals surface area contributed by atoms with Crippen molar-refractivity contribution >= 4 is 5.91 Å². The summed E-state index contributed by atoms with van der Waals surface area (Å²) in [5, 5.41) is 2.85. The summed E-state index contributed by atoms with van der Waals surface area (Å²) in [5.41, 5.74) is 0.0289. The number of ether oxygens (including phenoxy) is 1. The Morgan fingerprint density at radius 1 is 1.10 bits per heavy atom. The highest BCUT2D eigenvalue weighted by Crippen LogP contribution is 2.25. The number of carbonyl (C=O) groups is 1. The number of halogens is 1. The first kappa shape index (κ1) is 15.0. The van der Waals surface area contributed by atoms with Crippen molar-refractivity contribution in [3.05, 3.63) is 65.5 Å². The van der Waals surface area contributed by atoms with Gasteiger partial charge in [-0.25, -0.2) is 4.39 Å². The van der Waals surface area contributed by atoms with E-state index >= 15 is 0 Å². The molecule has 0 fully saturated rings. The molecule has 0 heterocycles. The predicted molar refractivity (Wildman–Crippen MR) is 79.9 cm³/mol.